The predicted octanol–water partition coefficient (Wildman–Crippen LogP) is 6.58. The van der Waals surface area contributed by atoms with E-state index in [-0.39, 0.29) is 10.8 Å². The minimum Gasteiger partial charge on any atom is -0.467 e. The number of thioether (sulfide) groups is 1. The molecule has 0 aliphatic carbocycles. The molecule has 44 heavy (non-hydrogen) atoms. The van der Waals surface area contributed by atoms with Gasteiger partial charge in [-0.05, 0) is 45.7 Å². The molecule has 0 bridgehead atoms. The molecule has 0 radical (unpaired) electrons. The molecule has 3 aromatic carbocycles. The van der Waals surface area contributed by atoms with Crippen LogP contribution in [0, 0.1) is 0 Å². The maximum Gasteiger partial charge on any atom is 0.337 e. The first-order valence-electron chi connectivity index (χ1n) is 15.1. The van der Waals surface area contributed by atoms with Gasteiger partial charge < -0.3 is 18.3 Å². The van der Waals surface area contributed by atoms with Gasteiger partial charge in [0.05, 0.1) is 7.11 Å². The van der Waals surface area contributed by atoms with Crippen LogP contribution < -0.4 is 10.4 Å². The number of carbonyl (C=O) groups excluding carboxylic acids is 2. The lowest BCUT2D eigenvalue weighted by Crippen LogP contribution is -2.72. The van der Waals surface area contributed by atoms with Gasteiger partial charge in [-0.3, -0.25) is 4.79 Å². The number of benzene rings is 3. The first-order valence-corrected chi connectivity index (χ1v) is 20.8. The summed E-state index contributed by atoms with van der Waals surface area (Å²) in [5.41, 5.74) is -0.977. The van der Waals surface area contributed by atoms with Crippen molar-refractivity contribution in [1.82, 2.24) is 0 Å². The van der Waals surface area contributed by atoms with E-state index in [2.05, 4.69) is 78.9 Å². The quantitative estimate of drug-likeness (QED) is 0.191. The average molecular weight is 651 g/mol. The number of esters is 1. The predicted molar refractivity (Wildman–Crippen MR) is 183 cm³/mol. The van der Waals surface area contributed by atoms with Crippen molar-refractivity contribution >= 4 is 50.5 Å². The Balaban J connectivity index is 1.93. The fraction of sp³-hybridized carbons (Fsp3) is 0.429. The van der Waals surface area contributed by atoms with Crippen molar-refractivity contribution in [3.63, 3.8) is 0 Å². The molecule has 0 N–H and O–H groups in total. The second-order valence-corrected chi connectivity index (χ2v) is 23.9. The van der Waals surface area contributed by atoms with Crippen LogP contribution in [0.4, 0.5) is 0 Å². The molecule has 0 saturated carbocycles. The van der Waals surface area contributed by atoms with Crippen LogP contribution in [0.1, 0.15) is 41.5 Å². The normalized spacial score (nSPS) is 21.6. The SMILES string of the molecule is COC(=O)[C@H]1O[C@H](Sc2ccccc2)C(=O)[C@@H](O[Si](C)(C)C(C)(C)C)[C@@H]1O[Si](c1ccccc1)(c1ccccc1)C(C)(C)C. The van der Waals surface area contributed by atoms with E-state index in [1.54, 1.807) is 0 Å². The third-order valence-corrected chi connectivity index (χ3v) is 19.3. The number of rotatable bonds is 9. The monoisotopic (exact) mass is 650 g/mol. The Morgan fingerprint density at radius 1 is 0.750 bits per heavy atom. The van der Waals surface area contributed by atoms with Crippen LogP contribution in [0.3, 0.4) is 0 Å². The number of ketones is 1. The summed E-state index contributed by atoms with van der Waals surface area (Å²) in [6.45, 7) is 17.1. The summed E-state index contributed by atoms with van der Waals surface area (Å²) in [7, 11) is -4.45. The lowest BCUT2D eigenvalue weighted by atomic mass is 10.0. The first kappa shape index (κ1) is 34.3. The summed E-state index contributed by atoms with van der Waals surface area (Å²) >= 11 is 1.27. The van der Waals surface area contributed by atoms with Gasteiger partial charge in [0.15, 0.2) is 19.9 Å². The number of ether oxygens (including phenoxy) is 2. The standard InChI is InChI=1S/C35H46O6SSi2/c1-34(2,3)43(8,9)40-29-28(36)33(42-25-19-13-10-14-20-25)39-31(32(37)38-7)30(29)41-44(35(4,5)6,26-21-15-11-16-22-26)27-23-17-12-18-24-27/h10-24,29-31,33H,1-9H3/t29-,30+,31+,33-/m1/s1. The second-order valence-electron chi connectivity index (χ2n) is 13.8. The molecule has 1 aliphatic heterocycles. The Morgan fingerprint density at radius 2 is 1.23 bits per heavy atom. The molecular weight excluding hydrogens is 605 g/mol. The van der Waals surface area contributed by atoms with E-state index in [4.69, 9.17) is 18.3 Å². The number of methoxy groups -OCH3 is 1. The number of hydrogen-bond acceptors (Lipinski definition) is 7. The molecule has 9 heteroatoms. The van der Waals surface area contributed by atoms with E-state index in [9.17, 15) is 9.59 Å². The van der Waals surface area contributed by atoms with Crippen molar-refractivity contribution in [3.05, 3.63) is 91.0 Å². The highest BCUT2D eigenvalue weighted by Gasteiger charge is 2.59. The summed E-state index contributed by atoms with van der Waals surface area (Å²) in [5, 5.41) is 1.45. The summed E-state index contributed by atoms with van der Waals surface area (Å²) in [6.07, 6.45) is -3.27. The van der Waals surface area contributed by atoms with E-state index in [1.807, 2.05) is 66.7 Å². The Morgan fingerprint density at radius 3 is 1.66 bits per heavy atom. The molecule has 4 rings (SSSR count). The zero-order valence-electron chi connectivity index (χ0n) is 27.3. The van der Waals surface area contributed by atoms with Crippen LogP contribution in [-0.2, 0) is 27.9 Å². The minimum atomic E-state index is -3.24. The maximum absolute atomic E-state index is 14.5. The molecule has 4 atom stereocenters. The van der Waals surface area contributed by atoms with Gasteiger partial charge in [-0.2, -0.15) is 0 Å². The van der Waals surface area contributed by atoms with Crippen molar-refractivity contribution in [2.24, 2.45) is 0 Å². The molecule has 0 amide bonds. The van der Waals surface area contributed by atoms with Gasteiger partial charge in [0.1, 0.15) is 12.2 Å². The van der Waals surface area contributed by atoms with Gasteiger partial charge in [0, 0.05) is 4.90 Å². The number of Topliss-reactive ketones (excluding diaryl/α,β-unsaturated/α-hetero) is 1. The largest absolute Gasteiger partial charge is 0.467 e. The number of carbonyl (C=O) groups is 2. The van der Waals surface area contributed by atoms with Gasteiger partial charge in [0.2, 0.25) is 5.78 Å². The van der Waals surface area contributed by atoms with Crippen molar-refractivity contribution in [2.45, 2.75) is 93.4 Å². The van der Waals surface area contributed by atoms with Gasteiger partial charge in [0.25, 0.3) is 8.32 Å². The van der Waals surface area contributed by atoms with Crippen LogP contribution in [0.2, 0.25) is 23.2 Å². The van der Waals surface area contributed by atoms with Crippen LogP contribution in [0.5, 0.6) is 0 Å². The molecule has 1 heterocycles. The smallest absolute Gasteiger partial charge is 0.337 e. The highest BCUT2D eigenvalue weighted by molar-refractivity contribution is 8.00. The van der Waals surface area contributed by atoms with Crippen molar-refractivity contribution < 1.29 is 27.9 Å². The Hall–Kier alpha value is -2.54. The third kappa shape index (κ3) is 6.98. The molecule has 1 fully saturated rings. The van der Waals surface area contributed by atoms with E-state index in [0.717, 1.165) is 15.3 Å². The highest BCUT2D eigenvalue weighted by Crippen LogP contribution is 2.44. The Bertz CT molecular complexity index is 1360. The number of hydrogen-bond donors (Lipinski definition) is 0. The molecule has 236 valence electrons. The Labute approximate surface area is 269 Å². The van der Waals surface area contributed by atoms with Crippen molar-refractivity contribution in [2.75, 3.05) is 7.11 Å². The Kier molecular flexibility index (Phi) is 10.5. The zero-order valence-corrected chi connectivity index (χ0v) is 30.1. The summed E-state index contributed by atoms with van der Waals surface area (Å²) in [5.74, 6) is -0.838. The minimum absolute atomic E-state index is 0.198. The molecule has 0 aromatic heterocycles. The van der Waals surface area contributed by atoms with Crippen molar-refractivity contribution in [3.8, 4) is 0 Å². The summed E-state index contributed by atoms with van der Waals surface area (Å²) in [4.78, 5) is 29.0. The van der Waals surface area contributed by atoms with Crippen LogP contribution >= 0.6 is 11.8 Å². The van der Waals surface area contributed by atoms with E-state index >= 15 is 0 Å². The van der Waals surface area contributed by atoms with Crippen molar-refractivity contribution in [1.29, 1.82) is 0 Å². The first-order chi connectivity index (χ1) is 20.6. The molecular formula is C35H46O6SSi2. The van der Waals surface area contributed by atoms with E-state index in [1.165, 1.54) is 18.9 Å². The van der Waals surface area contributed by atoms with Crippen LogP contribution in [-0.4, -0.2) is 59.2 Å². The van der Waals surface area contributed by atoms with Gasteiger partial charge in [-0.1, -0.05) is 132 Å². The highest BCUT2D eigenvalue weighted by atomic mass is 32.2. The molecule has 1 aliphatic rings. The lowest BCUT2D eigenvalue weighted by Gasteiger charge is -2.50. The fourth-order valence-corrected chi connectivity index (χ4v) is 12.3. The van der Waals surface area contributed by atoms with Crippen LogP contribution in [0.25, 0.3) is 0 Å². The van der Waals surface area contributed by atoms with Gasteiger partial charge >= 0.3 is 5.97 Å². The lowest BCUT2D eigenvalue weighted by molar-refractivity contribution is -0.184. The molecule has 1 saturated heterocycles. The topological polar surface area (TPSA) is 71.1 Å². The van der Waals surface area contributed by atoms with Gasteiger partial charge in [-0.25, -0.2) is 4.79 Å². The third-order valence-electron chi connectivity index (χ3n) is 8.76. The fourth-order valence-electron chi connectivity index (χ4n) is 5.39. The summed E-state index contributed by atoms with van der Waals surface area (Å²) < 4.78 is 26.2. The maximum atomic E-state index is 14.5. The van der Waals surface area contributed by atoms with E-state index in [0.29, 0.717) is 0 Å². The molecule has 0 spiro atoms. The average Bonchev–Trinajstić information content (AvgIpc) is 2.98. The van der Waals surface area contributed by atoms with Gasteiger partial charge in [-0.15, -0.1) is 0 Å². The zero-order chi connectivity index (χ0) is 32.3. The molecule has 6 nitrogen and oxygen atoms in total. The molecule has 3 aromatic rings. The molecule has 0 unspecified atom stereocenters. The van der Waals surface area contributed by atoms with E-state index < -0.39 is 51.4 Å². The second kappa shape index (κ2) is 13.4. The summed E-state index contributed by atoms with van der Waals surface area (Å²) in [6, 6.07) is 29.9. The van der Waals surface area contributed by atoms with Crippen LogP contribution in [0.15, 0.2) is 95.9 Å².